The predicted octanol–water partition coefficient (Wildman–Crippen LogP) is 4.82. The normalized spacial score (nSPS) is 11.5. The van der Waals surface area contributed by atoms with Crippen molar-refractivity contribution in [2.45, 2.75) is 6.92 Å². The summed E-state index contributed by atoms with van der Waals surface area (Å²) in [5.74, 6) is 1.64. The van der Waals surface area contributed by atoms with Crippen molar-refractivity contribution in [3.8, 4) is 0 Å². The third-order valence-corrected chi connectivity index (χ3v) is 3.27. The number of aromatic nitrogens is 1. The highest BCUT2D eigenvalue weighted by Gasteiger charge is 2.01. The molecule has 3 rings (SSSR count). The second kappa shape index (κ2) is 6.68. The van der Waals surface area contributed by atoms with Crippen LogP contribution in [0.1, 0.15) is 16.7 Å². The van der Waals surface area contributed by atoms with E-state index in [4.69, 9.17) is 0 Å². The second-order valence-corrected chi connectivity index (χ2v) is 5.02. The van der Waals surface area contributed by atoms with Gasteiger partial charge >= 0.3 is 0 Å². The van der Waals surface area contributed by atoms with Gasteiger partial charge in [-0.2, -0.15) is 0 Å². The number of hydrogen-bond acceptors (Lipinski definition) is 2. The summed E-state index contributed by atoms with van der Waals surface area (Å²) in [6.07, 6.45) is 3.69. The van der Waals surface area contributed by atoms with E-state index in [9.17, 15) is 0 Å². The molecular formula is C19H17N3. The zero-order valence-electron chi connectivity index (χ0n) is 12.4. The number of nitrogens with zero attached hydrogens (tertiary/aromatic N) is 2. The predicted molar refractivity (Wildman–Crippen MR) is 92.9 cm³/mol. The minimum absolute atomic E-state index is 0.807. The fraction of sp³-hybridized carbons (Fsp3) is 0.0526. The smallest absolute Gasteiger partial charge is 0.134 e. The number of aryl methyl sites for hydroxylation is 1. The van der Waals surface area contributed by atoms with Gasteiger partial charge in [0.2, 0.25) is 0 Å². The summed E-state index contributed by atoms with van der Waals surface area (Å²) >= 11 is 0. The van der Waals surface area contributed by atoms with Crippen LogP contribution in [0.2, 0.25) is 0 Å². The van der Waals surface area contributed by atoms with Crippen LogP contribution in [0.15, 0.2) is 76.7 Å². The van der Waals surface area contributed by atoms with Crippen molar-refractivity contribution in [1.82, 2.24) is 4.98 Å². The fourth-order valence-corrected chi connectivity index (χ4v) is 2.09. The van der Waals surface area contributed by atoms with Gasteiger partial charge in [-0.15, -0.1) is 0 Å². The van der Waals surface area contributed by atoms with E-state index in [1.54, 1.807) is 0 Å². The van der Waals surface area contributed by atoms with Gasteiger partial charge in [-0.3, -0.25) is 0 Å². The van der Waals surface area contributed by atoms with Crippen molar-refractivity contribution in [3.05, 3.63) is 83.4 Å². The third kappa shape index (κ3) is 3.58. The number of hydrogen-bond donors (Lipinski definition) is 1. The minimum atomic E-state index is 0.807. The molecule has 1 N–H and O–H groups in total. The zero-order chi connectivity index (χ0) is 15.2. The van der Waals surface area contributed by atoms with Crippen LogP contribution in [0.25, 0.3) is 0 Å². The van der Waals surface area contributed by atoms with E-state index < -0.39 is 0 Å². The summed E-state index contributed by atoms with van der Waals surface area (Å²) in [6.45, 7) is 2.02. The molecule has 108 valence electrons. The van der Waals surface area contributed by atoms with Gasteiger partial charge in [0.25, 0.3) is 0 Å². The first-order valence-corrected chi connectivity index (χ1v) is 7.19. The molecule has 0 aliphatic rings. The molecule has 1 aromatic heterocycles. The van der Waals surface area contributed by atoms with Crippen molar-refractivity contribution < 1.29 is 0 Å². The largest absolute Gasteiger partial charge is 0.325 e. The summed E-state index contributed by atoms with van der Waals surface area (Å²) in [7, 11) is 0. The monoisotopic (exact) mass is 287 g/mol. The van der Waals surface area contributed by atoms with Crippen molar-refractivity contribution in [2.75, 3.05) is 0 Å². The van der Waals surface area contributed by atoms with E-state index in [1.807, 2.05) is 86.1 Å². The van der Waals surface area contributed by atoms with Gasteiger partial charge < -0.3 is 4.98 Å². The Balaban J connectivity index is 1.76. The number of H-pyrrole nitrogens is 1. The van der Waals surface area contributed by atoms with Crippen molar-refractivity contribution in [1.29, 1.82) is 0 Å². The Morgan fingerprint density at radius 1 is 0.773 bits per heavy atom. The summed E-state index contributed by atoms with van der Waals surface area (Å²) in [5.41, 5.74) is 3.22. The molecule has 22 heavy (non-hydrogen) atoms. The maximum absolute atomic E-state index is 4.50. The standard InChI is InChI=1S/C19H17N3/c1-15-12-18(20-13-16-8-4-2-5-9-16)22-19(15)21-14-17-10-6-3-7-11-17/h2-14,22H,1H3. The Morgan fingerprint density at radius 3 is 1.91 bits per heavy atom. The molecule has 0 aliphatic carbocycles. The summed E-state index contributed by atoms with van der Waals surface area (Å²) < 4.78 is 0. The van der Waals surface area contributed by atoms with Gasteiger partial charge in [0, 0.05) is 12.4 Å². The summed E-state index contributed by atoms with van der Waals surface area (Å²) in [6, 6.07) is 22.1. The van der Waals surface area contributed by atoms with Crippen LogP contribution in [0.3, 0.4) is 0 Å². The highest BCUT2D eigenvalue weighted by atomic mass is 15.0. The van der Waals surface area contributed by atoms with Gasteiger partial charge in [0.15, 0.2) is 0 Å². The molecule has 0 aliphatic heterocycles. The van der Waals surface area contributed by atoms with Crippen molar-refractivity contribution >= 4 is 24.1 Å². The van der Waals surface area contributed by atoms with Crippen LogP contribution in [-0.2, 0) is 0 Å². The van der Waals surface area contributed by atoms with Crippen LogP contribution < -0.4 is 0 Å². The number of nitrogens with one attached hydrogen (secondary N) is 1. The Labute approximate surface area is 130 Å². The van der Waals surface area contributed by atoms with E-state index in [1.165, 1.54) is 0 Å². The maximum atomic E-state index is 4.50. The molecule has 0 atom stereocenters. The second-order valence-electron chi connectivity index (χ2n) is 5.02. The van der Waals surface area contributed by atoms with Crippen LogP contribution in [0, 0.1) is 6.92 Å². The number of benzene rings is 2. The van der Waals surface area contributed by atoms with E-state index in [-0.39, 0.29) is 0 Å². The van der Waals surface area contributed by atoms with Crippen LogP contribution in [0.5, 0.6) is 0 Å². The molecule has 0 saturated carbocycles. The first-order valence-electron chi connectivity index (χ1n) is 7.19. The SMILES string of the molecule is Cc1cc(N=Cc2ccccc2)[nH]c1N=Cc1ccccc1. The third-order valence-electron chi connectivity index (χ3n) is 3.27. The molecule has 0 fully saturated rings. The lowest BCUT2D eigenvalue weighted by atomic mass is 10.2. The van der Waals surface area contributed by atoms with Crippen LogP contribution in [0.4, 0.5) is 11.6 Å². The average molecular weight is 287 g/mol. The average Bonchev–Trinajstić information content (AvgIpc) is 2.93. The molecule has 3 nitrogen and oxygen atoms in total. The van der Waals surface area contributed by atoms with Gasteiger partial charge in [-0.25, -0.2) is 9.98 Å². The lowest BCUT2D eigenvalue weighted by Crippen LogP contribution is -1.79. The molecule has 0 amide bonds. The van der Waals surface area contributed by atoms with Gasteiger partial charge in [-0.1, -0.05) is 60.7 Å². The minimum Gasteiger partial charge on any atom is -0.325 e. The maximum Gasteiger partial charge on any atom is 0.134 e. The van der Waals surface area contributed by atoms with Gasteiger partial charge in [0.1, 0.15) is 11.6 Å². The number of rotatable bonds is 4. The molecule has 0 unspecified atom stereocenters. The van der Waals surface area contributed by atoms with Crippen molar-refractivity contribution in [2.24, 2.45) is 9.98 Å². The van der Waals surface area contributed by atoms with Crippen LogP contribution >= 0.6 is 0 Å². The Morgan fingerprint density at radius 2 is 1.32 bits per heavy atom. The summed E-state index contributed by atoms with van der Waals surface area (Å²) in [5, 5.41) is 0. The topological polar surface area (TPSA) is 40.5 Å². The molecule has 0 spiro atoms. The first kappa shape index (κ1) is 14.0. The Kier molecular flexibility index (Phi) is 4.25. The van der Waals surface area contributed by atoms with E-state index >= 15 is 0 Å². The highest BCUT2D eigenvalue weighted by Crippen LogP contribution is 2.23. The van der Waals surface area contributed by atoms with Gasteiger partial charge in [-0.05, 0) is 29.7 Å². The number of aliphatic imine (C=N–C) groups is 2. The highest BCUT2D eigenvalue weighted by molar-refractivity contribution is 5.83. The fourth-order valence-electron chi connectivity index (χ4n) is 2.09. The van der Waals surface area contributed by atoms with Gasteiger partial charge in [0.05, 0.1) is 0 Å². The Hall–Kier alpha value is -2.94. The first-order chi connectivity index (χ1) is 10.8. The lowest BCUT2D eigenvalue weighted by Gasteiger charge is -1.92. The molecule has 3 heteroatoms. The number of aromatic amines is 1. The molecule has 3 aromatic rings. The van der Waals surface area contributed by atoms with E-state index in [2.05, 4.69) is 15.0 Å². The van der Waals surface area contributed by atoms with E-state index in [0.29, 0.717) is 0 Å². The molecule has 0 saturated heterocycles. The Bertz CT molecular complexity index is 784. The quantitative estimate of drug-likeness (QED) is 0.668. The molecule has 1 heterocycles. The van der Waals surface area contributed by atoms with E-state index in [0.717, 1.165) is 28.3 Å². The summed E-state index contributed by atoms with van der Waals surface area (Å²) in [4.78, 5) is 12.2. The molecule has 2 aromatic carbocycles. The molecular weight excluding hydrogens is 270 g/mol. The van der Waals surface area contributed by atoms with Crippen LogP contribution in [-0.4, -0.2) is 17.4 Å². The van der Waals surface area contributed by atoms with Crippen molar-refractivity contribution in [3.63, 3.8) is 0 Å². The zero-order valence-corrected chi connectivity index (χ0v) is 12.4. The lowest BCUT2D eigenvalue weighted by molar-refractivity contribution is 1.29. The molecule has 0 bridgehead atoms. The molecule has 0 radical (unpaired) electrons.